The number of ketones is 1. The van der Waals surface area contributed by atoms with E-state index in [4.69, 9.17) is 9.84 Å². The molecule has 7 nitrogen and oxygen atoms in total. The lowest BCUT2D eigenvalue weighted by Gasteiger charge is -2.35. The van der Waals surface area contributed by atoms with Crippen molar-refractivity contribution in [2.24, 2.45) is 0 Å². The molecule has 0 bridgehead atoms. The Morgan fingerprint density at radius 3 is 2.26 bits per heavy atom. The van der Waals surface area contributed by atoms with E-state index in [0.717, 1.165) is 28.7 Å². The molecule has 0 spiro atoms. The predicted molar refractivity (Wildman–Crippen MR) is 130 cm³/mol. The standard InChI is InChI=1S/C26H25NO6S/c1-17(28)18-8-10-19(11-9-18)20-12-14-21(15-13-20)27(34(31)32)24-6-2-5-23-22(24)4-3-7-25(23)33-16-26(29)30/h3-4,7-15,24H,2,5-6,16H2,1H3,(H,29,30)(H,31,32). The van der Waals surface area contributed by atoms with Gasteiger partial charge in [0.25, 0.3) is 11.3 Å². The zero-order chi connectivity index (χ0) is 24.2. The van der Waals surface area contributed by atoms with E-state index >= 15 is 0 Å². The summed E-state index contributed by atoms with van der Waals surface area (Å²) in [4.78, 5) is 22.5. The minimum Gasteiger partial charge on any atom is -0.482 e. The average molecular weight is 480 g/mol. The first kappa shape index (κ1) is 23.7. The number of hydrogen-bond donors (Lipinski definition) is 2. The van der Waals surface area contributed by atoms with Gasteiger partial charge in [-0.3, -0.25) is 13.7 Å². The molecule has 2 unspecified atom stereocenters. The van der Waals surface area contributed by atoms with Gasteiger partial charge in [-0.25, -0.2) is 9.00 Å². The third kappa shape index (κ3) is 5.03. The van der Waals surface area contributed by atoms with Crippen molar-refractivity contribution in [2.45, 2.75) is 32.2 Å². The third-order valence-corrected chi connectivity index (χ3v) is 6.78. The lowest BCUT2D eigenvalue weighted by molar-refractivity contribution is -0.139. The van der Waals surface area contributed by atoms with Crippen LogP contribution in [-0.4, -0.2) is 32.2 Å². The van der Waals surface area contributed by atoms with E-state index in [0.29, 0.717) is 29.8 Å². The molecule has 0 aliphatic heterocycles. The molecule has 0 saturated carbocycles. The van der Waals surface area contributed by atoms with Crippen LogP contribution in [0.2, 0.25) is 0 Å². The van der Waals surface area contributed by atoms with Crippen molar-refractivity contribution >= 4 is 28.7 Å². The molecule has 0 aromatic heterocycles. The molecule has 2 atom stereocenters. The number of aliphatic carboxylic acids is 1. The first-order chi connectivity index (χ1) is 16.3. The highest BCUT2D eigenvalue weighted by Crippen LogP contribution is 2.41. The first-order valence-corrected chi connectivity index (χ1v) is 12.0. The topological polar surface area (TPSA) is 104 Å². The second-order valence-corrected chi connectivity index (χ2v) is 9.01. The molecule has 0 saturated heterocycles. The van der Waals surface area contributed by atoms with E-state index in [-0.39, 0.29) is 11.8 Å². The number of anilines is 1. The van der Waals surface area contributed by atoms with Gasteiger partial charge >= 0.3 is 5.97 Å². The fraction of sp³-hybridized carbons (Fsp3) is 0.231. The largest absolute Gasteiger partial charge is 0.482 e. The Morgan fingerprint density at radius 1 is 1.03 bits per heavy atom. The highest BCUT2D eigenvalue weighted by molar-refractivity contribution is 7.80. The summed E-state index contributed by atoms with van der Waals surface area (Å²) in [6.07, 6.45) is 2.16. The number of Topliss-reactive ketones (excluding diaryl/α,β-unsaturated/α-hetero) is 1. The van der Waals surface area contributed by atoms with E-state index in [1.807, 2.05) is 30.3 Å². The summed E-state index contributed by atoms with van der Waals surface area (Å²) >= 11 is -2.28. The number of carbonyl (C=O) groups excluding carboxylic acids is 1. The van der Waals surface area contributed by atoms with Crippen LogP contribution in [0.15, 0.2) is 66.7 Å². The van der Waals surface area contributed by atoms with Crippen molar-refractivity contribution in [1.29, 1.82) is 0 Å². The number of carboxylic acid groups (broad SMARTS) is 1. The molecule has 3 aromatic rings. The zero-order valence-corrected chi connectivity index (χ0v) is 19.5. The number of fused-ring (bicyclic) bond motifs is 1. The minimum atomic E-state index is -2.28. The van der Waals surface area contributed by atoms with Crippen LogP contribution in [0, 0.1) is 0 Å². The van der Waals surface area contributed by atoms with Gasteiger partial charge < -0.3 is 9.84 Å². The van der Waals surface area contributed by atoms with Crippen molar-refractivity contribution in [2.75, 3.05) is 10.9 Å². The van der Waals surface area contributed by atoms with E-state index < -0.39 is 23.8 Å². The van der Waals surface area contributed by atoms with Gasteiger partial charge in [0, 0.05) is 5.56 Å². The maximum Gasteiger partial charge on any atom is 0.341 e. The number of carboxylic acids is 1. The first-order valence-electron chi connectivity index (χ1n) is 10.9. The highest BCUT2D eigenvalue weighted by Gasteiger charge is 2.31. The van der Waals surface area contributed by atoms with Gasteiger partial charge in [0.2, 0.25) is 0 Å². The Hall–Kier alpha value is -3.49. The van der Waals surface area contributed by atoms with Gasteiger partial charge in [-0.15, -0.1) is 0 Å². The molecule has 4 rings (SSSR count). The van der Waals surface area contributed by atoms with Gasteiger partial charge in [-0.1, -0.05) is 48.5 Å². The molecule has 8 heteroatoms. The summed E-state index contributed by atoms with van der Waals surface area (Å²) in [5, 5.41) is 8.96. The fourth-order valence-corrected chi connectivity index (χ4v) is 5.12. The van der Waals surface area contributed by atoms with Gasteiger partial charge in [-0.05, 0) is 66.6 Å². The second kappa shape index (κ2) is 10.2. The van der Waals surface area contributed by atoms with Crippen LogP contribution in [0.5, 0.6) is 5.75 Å². The van der Waals surface area contributed by atoms with Crippen LogP contribution in [0.25, 0.3) is 11.1 Å². The van der Waals surface area contributed by atoms with Gasteiger partial charge in [0.15, 0.2) is 12.4 Å². The summed E-state index contributed by atoms with van der Waals surface area (Å²) in [7, 11) is 0. The Labute approximate surface area is 200 Å². The molecule has 1 aliphatic carbocycles. The van der Waals surface area contributed by atoms with Gasteiger partial charge in [0.05, 0.1) is 11.7 Å². The summed E-state index contributed by atoms with van der Waals surface area (Å²) in [5.41, 5.74) is 4.84. The molecular weight excluding hydrogens is 454 g/mol. The molecule has 2 N–H and O–H groups in total. The number of hydrogen-bond acceptors (Lipinski definition) is 4. The average Bonchev–Trinajstić information content (AvgIpc) is 2.83. The van der Waals surface area contributed by atoms with Crippen molar-refractivity contribution < 1.29 is 28.2 Å². The smallest absolute Gasteiger partial charge is 0.341 e. The molecule has 3 aromatic carbocycles. The van der Waals surface area contributed by atoms with E-state index in [2.05, 4.69) is 0 Å². The second-order valence-electron chi connectivity index (χ2n) is 8.15. The fourth-order valence-electron chi connectivity index (χ4n) is 4.39. The third-order valence-electron chi connectivity index (χ3n) is 5.98. The lowest BCUT2D eigenvalue weighted by atomic mass is 9.87. The Morgan fingerprint density at radius 2 is 1.68 bits per heavy atom. The Bertz CT molecular complexity index is 1220. The number of ether oxygens (including phenoxy) is 1. The van der Waals surface area contributed by atoms with E-state index in [1.54, 1.807) is 36.4 Å². The van der Waals surface area contributed by atoms with Crippen molar-refractivity contribution in [3.8, 4) is 16.9 Å². The normalized spacial score (nSPS) is 15.8. The molecule has 0 heterocycles. The maximum absolute atomic E-state index is 12.5. The van der Waals surface area contributed by atoms with Crippen LogP contribution in [-0.2, 0) is 22.5 Å². The minimum absolute atomic E-state index is 0.00671. The van der Waals surface area contributed by atoms with E-state index in [1.165, 1.54) is 11.2 Å². The zero-order valence-electron chi connectivity index (χ0n) is 18.6. The van der Waals surface area contributed by atoms with Crippen LogP contribution in [0.4, 0.5) is 5.69 Å². The molecule has 0 amide bonds. The molecule has 34 heavy (non-hydrogen) atoms. The van der Waals surface area contributed by atoms with Crippen LogP contribution >= 0.6 is 0 Å². The Balaban J connectivity index is 1.63. The quantitative estimate of drug-likeness (QED) is 0.346. The summed E-state index contributed by atoms with van der Waals surface area (Å²) < 4.78 is 29.6. The maximum atomic E-state index is 12.5. The summed E-state index contributed by atoms with van der Waals surface area (Å²) in [6, 6.07) is 19.8. The van der Waals surface area contributed by atoms with E-state index in [9.17, 15) is 18.4 Å². The summed E-state index contributed by atoms with van der Waals surface area (Å²) in [5.74, 6) is -0.552. The molecular formula is C26H25NO6S. The molecule has 0 fully saturated rings. The number of rotatable bonds is 8. The van der Waals surface area contributed by atoms with Gasteiger partial charge in [-0.2, -0.15) is 0 Å². The lowest BCUT2D eigenvalue weighted by Crippen LogP contribution is -2.33. The summed E-state index contributed by atoms with van der Waals surface area (Å²) in [6.45, 7) is 1.09. The highest BCUT2D eigenvalue weighted by atomic mass is 32.2. The number of carbonyl (C=O) groups is 2. The molecule has 0 radical (unpaired) electrons. The van der Waals surface area contributed by atoms with Crippen LogP contribution < -0.4 is 9.04 Å². The number of benzene rings is 3. The number of nitrogens with zero attached hydrogens (tertiary/aromatic N) is 1. The van der Waals surface area contributed by atoms with Gasteiger partial charge in [0.1, 0.15) is 5.75 Å². The molecule has 1 aliphatic rings. The SMILES string of the molecule is CC(=O)c1ccc(-c2ccc(N(C3CCCc4c(OCC(=O)O)cccc43)S(=O)O)cc2)cc1. The monoisotopic (exact) mass is 479 g/mol. The van der Waals surface area contributed by atoms with Crippen molar-refractivity contribution in [1.82, 2.24) is 0 Å². The van der Waals surface area contributed by atoms with Crippen molar-refractivity contribution in [3.63, 3.8) is 0 Å². The molecule has 176 valence electrons. The van der Waals surface area contributed by atoms with Crippen molar-refractivity contribution in [3.05, 3.63) is 83.4 Å². The Kier molecular flexibility index (Phi) is 7.09. The van der Waals surface area contributed by atoms with Crippen LogP contribution in [0.3, 0.4) is 0 Å². The van der Waals surface area contributed by atoms with Crippen LogP contribution in [0.1, 0.15) is 47.3 Å². The predicted octanol–water partition coefficient (Wildman–Crippen LogP) is 5.04.